The number of fused-ring (bicyclic) bond motifs is 1. The Morgan fingerprint density at radius 3 is 1.61 bits per heavy atom. The monoisotopic (exact) mass is 719 g/mol. The molecule has 0 spiro atoms. The maximum absolute atomic E-state index is 12.5. The quantitative estimate of drug-likeness (QED) is 0.255. The molecule has 278 valence electrons. The fourth-order valence-corrected chi connectivity index (χ4v) is 6.36. The normalized spacial score (nSPS) is 28.9. The Morgan fingerprint density at radius 1 is 0.588 bits per heavy atom. The number of hydrogen-bond donors (Lipinski definition) is 0. The molecule has 2 aliphatic rings. The van der Waals surface area contributed by atoms with Crippen molar-refractivity contribution in [2.24, 2.45) is 0 Å². The van der Waals surface area contributed by atoms with Crippen molar-refractivity contribution < 1.29 is 76.2 Å². The average molecular weight is 720 g/mol. The lowest BCUT2D eigenvalue weighted by Crippen LogP contribution is -2.60. The van der Waals surface area contributed by atoms with Crippen LogP contribution in [0.3, 0.4) is 0 Å². The van der Waals surface area contributed by atoms with Gasteiger partial charge in [0.2, 0.25) is 0 Å². The van der Waals surface area contributed by atoms with Gasteiger partial charge in [-0.2, -0.15) is 0 Å². The Labute approximate surface area is 292 Å². The summed E-state index contributed by atoms with van der Waals surface area (Å²) in [6.45, 7) is 9.16. The predicted molar refractivity (Wildman–Crippen MR) is 169 cm³/mol. The molecule has 2 fully saturated rings. The van der Waals surface area contributed by atoms with Crippen molar-refractivity contribution in [2.45, 2.75) is 117 Å². The fraction of sp³-hybridized carbons (Fsp3) is 0.559. The summed E-state index contributed by atoms with van der Waals surface area (Å²) in [4.78, 5) is 85.8. The number of nitrogens with zero attached hydrogens (tertiary/aromatic N) is 1. The van der Waals surface area contributed by atoms with Gasteiger partial charge in [0.05, 0.1) is 11.6 Å². The lowest BCUT2D eigenvalue weighted by atomic mass is 9.90. The number of benzene rings is 1. The number of ether oxygens (including phenoxy) is 9. The molecule has 0 amide bonds. The third kappa shape index (κ3) is 9.21. The minimum absolute atomic E-state index is 0.384. The van der Waals surface area contributed by atoms with E-state index in [-0.39, 0.29) is 0 Å². The number of rotatable bonds is 10. The zero-order valence-corrected chi connectivity index (χ0v) is 29.3. The first-order valence-electron chi connectivity index (χ1n) is 16.1. The summed E-state index contributed by atoms with van der Waals surface area (Å²) < 4.78 is 53.1. The molecule has 0 aliphatic carbocycles. The maximum atomic E-state index is 12.5. The average Bonchev–Trinajstić information content (AvgIpc) is 3.39. The highest BCUT2D eigenvalue weighted by Gasteiger charge is 2.54. The van der Waals surface area contributed by atoms with E-state index < -0.39 is 110 Å². The molecular formula is C34H41NO16. The van der Waals surface area contributed by atoms with Gasteiger partial charge in [-0.1, -0.05) is 18.2 Å². The topological polar surface area (TPSA) is 207 Å². The Bertz CT molecular complexity index is 1670. The van der Waals surface area contributed by atoms with Gasteiger partial charge in [0, 0.05) is 65.6 Å². The molecule has 0 N–H and O–H groups in total. The lowest BCUT2D eigenvalue weighted by molar-refractivity contribution is -0.267. The van der Waals surface area contributed by atoms with E-state index in [0.29, 0.717) is 16.5 Å². The second kappa shape index (κ2) is 16.3. The molecule has 51 heavy (non-hydrogen) atoms. The molecule has 17 heteroatoms. The van der Waals surface area contributed by atoms with Crippen molar-refractivity contribution in [3.05, 3.63) is 36.0 Å². The Hall–Kier alpha value is -5.03. The third-order valence-electron chi connectivity index (χ3n) is 7.99. The summed E-state index contributed by atoms with van der Waals surface area (Å²) in [6.07, 6.45) is -11.1. The summed E-state index contributed by atoms with van der Waals surface area (Å²) in [5.41, 5.74) is 0.840. The maximum Gasteiger partial charge on any atom is 0.303 e. The van der Waals surface area contributed by atoms with E-state index in [0.717, 1.165) is 41.5 Å². The molecule has 0 unspecified atom stereocenters. The fourth-order valence-electron chi connectivity index (χ4n) is 6.36. The zero-order valence-electron chi connectivity index (χ0n) is 29.3. The molecule has 17 nitrogen and oxygen atoms in total. The van der Waals surface area contributed by atoms with Crippen molar-refractivity contribution in [1.29, 1.82) is 0 Å². The van der Waals surface area contributed by atoms with Crippen molar-refractivity contribution in [3.8, 4) is 0 Å². The van der Waals surface area contributed by atoms with Gasteiger partial charge < -0.3 is 47.2 Å². The molecule has 10 atom stereocenters. The van der Waals surface area contributed by atoms with Crippen LogP contribution in [0.1, 0.15) is 73.3 Å². The van der Waals surface area contributed by atoms with Crippen molar-refractivity contribution >= 4 is 52.7 Å². The molecule has 3 heterocycles. The Kier molecular flexibility index (Phi) is 12.4. The van der Waals surface area contributed by atoms with Gasteiger partial charge in [-0.3, -0.25) is 33.6 Å². The number of esters is 7. The van der Waals surface area contributed by atoms with Crippen LogP contribution in [0.25, 0.3) is 10.9 Å². The van der Waals surface area contributed by atoms with Gasteiger partial charge in [-0.05, 0) is 13.0 Å². The highest BCUT2D eigenvalue weighted by Crippen LogP contribution is 2.43. The summed E-state index contributed by atoms with van der Waals surface area (Å²) in [6, 6.07) is 6.86. The van der Waals surface area contributed by atoms with Crippen LogP contribution in [0.2, 0.25) is 0 Å². The molecule has 2 aromatic rings. The largest absolute Gasteiger partial charge is 0.463 e. The van der Waals surface area contributed by atoms with Crippen molar-refractivity contribution in [1.82, 2.24) is 4.57 Å². The number of carbonyl (C=O) groups is 7. The lowest BCUT2D eigenvalue weighted by Gasteiger charge is -2.45. The van der Waals surface area contributed by atoms with E-state index >= 15 is 0 Å². The van der Waals surface area contributed by atoms with E-state index in [1.807, 2.05) is 0 Å². The molecule has 2 aliphatic heterocycles. The molecule has 1 aromatic carbocycles. The van der Waals surface area contributed by atoms with Crippen LogP contribution in [-0.4, -0.2) is 102 Å². The molecule has 2 saturated heterocycles. The first-order valence-corrected chi connectivity index (χ1v) is 16.1. The van der Waals surface area contributed by atoms with Crippen LogP contribution in [0, 0.1) is 0 Å². The van der Waals surface area contributed by atoms with Crippen LogP contribution in [0.4, 0.5) is 0 Å². The predicted octanol–water partition coefficient (Wildman–Crippen LogP) is 2.15. The number of hydrogen-bond acceptors (Lipinski definition) is 16. The Morgan fingerprint density at radius 2 is 1.06 bits per heavy atom. The molecule has 0 saturated carbocycles. The molecule has 0 bridgehead atoms. The molecular weight excluding hydrogens is 678 g/mol. The smallest absolute Gasteiger partial charge is 0.303 e. The second-order valence-corrected chi connectivity index (χ2v) is 12.1. The highest BCUT2D eigenvalue weighted by atomic mass is 16.7. The van der Waals surface area contributed by atoms with Crippen molar-refractivity contribution in [2.75, 3.05) is 6.61 Å². The first-order chi connectivity index (χ1) is 24.0. The van der Waals surface area contributed by atoms with Crippen LogP contribution in [0.15, 0.2) is 30.5 Å². The third-order valence-corrected chi connectivity index (χ3v) is 7.99. The van der Waals surface area contributed by atoms with Crippen LogP contribution >= 0.6 is 0 Å². The SMILES string of the molecule is CC(=O)OC[C@H]1O[C@@H](n2cc([C@H]3O[C@@H](C)[C@@H](OC(C)=O)[C@@H](OC(C)=O)[C@@H]3OC(C)=O)c3ccccc32)[C@H](OC(C)=O)[C@@H](OC(C)=O)[C@@H]1OC(C)=O. The van der Waals surface area contributed by atoms with Crippen molar-refractivity contribution in [3.63, 3.8) is 0 Å². The highest BCUT2D eigenvalue weighted by molar-refractivity contribution is 5.85. The summed E-state index contributed by atoms with van der Waals surface area (Å²) in [5.74, 6) is -5.21. The van der Waals surface area contributed by atoms with Gasteiger partial charge in [-0.15, -0.1) is 0 Å². The van der Waals surface area contributed by atoms with Gasteiger partial charge in [0.25, 0.3) is 0 Å². The minimum Gasteiger partial charge on any atom is -0.463 e. The number of carbonyl (C=O) groups excluding carboxylic acids is 7. The van der Waals surface area contributed by atoms with Crippen LogP contribution in [-0.2, 0) is 76.2 Å². The Balaban J connectivity index is 1.93. The van der Waals surface area contributed by atoms with E-state index in [1.165, 1.54) is 6.92 Å². The van der Waals surface area contributed by atoms with E-state index in [2.05, 4.69) is 0 Å². The summed E-state index contributed by atoms with van der Waals surface area (Å²) in [5, 5.41) is 0.521. The van der Waals surface area contributed by atoms with Crippen LogP contribution in [0.5, 0.6) is 0 Å². The van der Waals surface area contributed by atoms with E-state index in [9.17, 15) is 33.6 Å². The molecule has 1 aromatic heterocycles. The van der Waals surface area contributed by atoms with Crippen LogP contribution < -0.4 is 0 Å². The van der Waals surface area contributed by atoms with Gasteiger partial charge in [0.1, 0.15) is 18.8 Å². The standard InChI is InChI=1S/C34H41NO16/c1-15-27(45-17(3)37)30(47-19(5)39)31(48-20(6)40)28(44-15)24-13-35(25-12-10-9-11-23(24)25)34-33(50-22(8)42)32(49-21(7)41)29(46-18(4)38)26(51-34)14-43-16(2)36/h9-13,15,26-34H,14H2,1-8H3/t15-,26+,27+,28+,29+,30+,31+,32-,33+,34+/m0/s1. The van der Waals surface area contributed by atoms with E-state index in [4.69, 9.17) is 42.6 Å². The van der Waals surface area contributed by atoms with Gasteiger partial charge in [0.15, 0.2) is 42.9 Å². The minimum atomic E-state index is -1.45. The van der Waals surface area contributed by atoms with Gasteiger partial charge in [-0.25, -0.2) is 0 Å². The zero-order chi connectivity index (χ0) is 37.7. The number of aromatic nitrogens is 1. The molecule has 0 radical (unpaired) electrons. The summed E-state index contributed by atoms with van der Waals surface area (Å²) >= 11 is 0. The first kappa shape index (κ1) is 38.8. The summed E-state index contributed by atoms with van der Waals surface area (Å²) in [7, 11) is 0. The van der Waals surface area contributed by atoms with E-state index in [1.54, 1.807) is 42.0 Å². The number of para-hydroxylation sites is 1. The molecule has 4 rings (SSSR count). The second-order valence-electron chi connectivity index (χ2n) is 12.1. The van der Waals surface area contributed by atoms with Gasteiger partial charge >= 0.3 is 41.8 Å².